The second kappa shape index (κ2) is 8.13. The summed E-state index contributed by atoms with van der Waals surface area (Å²) in [7, 11) is 2.06. The lowest BCUT2D eigenvalue weighted by Gasteiger charge is -2.34. The molecular formula is C17H23ClN4. The largest absolute Gasteiger partial charge is 0.337 e. The van der Waals surface area contributed by atoms with Gasteiger partial charge in [0.2, 0.25) is 0 Å². The van der Waals surface area contributed by atoms with Crippen molar-refractivity contribution >= 4 is 18.5 Å². The van der Waals surface area contributed by atoms with Gasteiger partial charge in [0.15, 0.2) is 0 Å². The van der Waals surface area contributed by atoms with Crippen LogP contribution in [0, 0.1) is 0 Å². The number of aryl methyl sites for hydroxylation is 1. The molecular weight excluding hydrogens is 296 g/mol. The van der Waals surface area contributed by atoms with Crippen LogP contribution in [0.4, 0.5) is 0 Å². The molecule has 22 heavy (non-hydrogen) atoms. The van der Waals surface area contributed by atoms with Crippen molar-refractivity contribution < 1.29 is 0 Å². The van der Waals surface area contributed by atoms with Gasteiger partial charge >= 0.3 is 0 Å². The first-order valence-electron chi connectivity index (χ1n) is 7.48. The SMILES string of the molecule is Cl.Cn1ccnc1C1CNCCN1C/C=C/c1ccccc1. The maximum atomic E-state index is 4.51. The summed E-state index contributed by atoms with van der Waals surface area (Å²) >= 11 is 0. The van der Waals surface area contributed by atoms with E-state index in [2.05, 4.69) is 63.2 Å². The summed E-state index contributed by atoms with van der Waals surface area (Å²) in [5.74, 6) is 1.13. The van der Waals surface area contributed by atoms with Gasteiger partial charge in [-0.25, -0.2) is 4.98 Å². The molecule has 1 unspecified atom stereocenters. The number of nitrogens with one attached hydrogen (secondary N) is 1. The van der Waals surface area contributed by atoms with E-state index in [4.69, 9.17) is 0 Å². The molecule has 5 heteroatoms. The van der Waals surface area contributed by atoms with Crippen molar-refractivity contribution in [3.8, 4) is 0 Å². The number of halogens is 1. The molecule has 1 N–H and O–H groups in total. The number of benzene rings is 1. The lowest BCUT2D eigenvalue weighted by Crippen LogP contribution is -2.46. The van der Waals surface area contributed by atoms with Gasteiger partial charge in [0.1, 0.15) is 5.82 Å². The minimum atomic E-state index is 0. The molecule has 1 aromatic heterocycles. The van der Waals surface area contributed by atoms with Gasteiger partial charge in [-0.05, 0) is 5.56 Å². The third-order valence-corrected chi connectivity index (χ3v) is 3.96. The van der Waals surface area contributed by atoms with Gasteiger partial charge < -0.3 is 9.88 Å². The molecule has 0 spiro atoms. The fourth-order valence-electron chi connectivity index (χ4n) is 2.81. The summed E-state index contributed by atoms with van der Waals surface area (Å²) < 4.78 is 2.12. The molecule has 4 nitrogen and oxygen atoms in total. The minimum Gasteiger partial charge on any atom is -0.337 e. The van der Waals surface area contributed by atoms with Gasteiger partial charge in [-0.3, -0.25) is 4.90 Å². The Bertz CT molecular complexity index is 594. The molecule has 0 amide bonds. The predicted molar refractivity (Wildman–Crippen MR) is 93.1 cm³/mol. The number of aromatic nitrogens is 2. The third kappa shape index (κ3) is 3.97. The van der Waals surface area contributed by atoms with Crippen molar-refractivity contribution in [2.45, 2.75) is 6.04 Å². The van der Waals surface area contributed by atoms with E-state index in [-0.39, 0.29) is 12.4 Å². The highest BCUT2D eigenvalue weighted by Crippen LogP contribution is 2.20. The molecule has 2 heterocycles. The van der Waals surface area contributed by atoms with Gasteiger partial charge in [0.25, 0.3) is 0 Å². The monoisotopic (exact) mass is 318 g/mol. The number of piperazine rings is 1. The van der Waals surface area contributed by atoms with Crippen molar-refractivity contribution in [3.05, 3.63) is 60.2 Å². The number of rotatable bonds is 4. The molecule has 1 saturated heterocycles. The highest BCUT2D eigenvalue weighted by molar-refractivity contribution is 5.85. The van der Waals surface area contributed by atoms with Crippen LogP contribution in [0.25, 0.3) is 6.08 Å². The molecule has 1 atom stereocenters. The maximum absolute atomic E-state index is 4.51. The van der Waals surface area contributed by atoms with Crippen LogP contribution in [0.15, 0.2) is 48.8 Å². The quantitative estimate of drug-likeness (QED) is 0.940. The lowest BCUT2D eigenvalue weighted by molar-refractivity contribution is 0.170. The maximum Gasteiger partial charge on any atom is 0.127 e. The molecule has 0 aliphatic carbocycles. The zero-order valence-corrected chi connectivity index (χ0v) is 13.7. The van der Waals surface area contributed by atoms with E-state index in [1.807, 2.05) is 18.5 Å². The Hall–Kier alpha value is -1.62. The summed E-state index contributed by atoms with van der Waals surface area (Å²) in [4.78, 5) is 7.00. The number of nitrogens with zero attached hydrogens (tertiary/aromatic N) is 3. The first-order chi connectivity index (χ1) is 10.3. The van der Waals surface area contributed by atoms with Crippen LogP contribution in [0.2, 0.25) is 0 Å². The van der Waals surface area contributed by atoms with E-state index < -0.39 is 0 Å². The number of hydrogen-bond acceptors (Lipinski definition) is 3. The second-order valence-corrected chi connectivity index (χ2v) is 5.42. The third-order valence-electron chi connectivity index (χ3n) is 3.96. The Balaban J connectivity index is 0.00000176. The molecule has 1 fully saturated rings. The standard InChI is InChI=1S/C17H22N4.ClH/c1-20-12-10-19-17(20)16-14-18-9-13-21(16)11-5-8-15-6-3-2-4-7-15;/h2-8,10,12,16,18H,9,11,13-14H2,1H3;1H/b8-5+;. The summed E-state index contributed by atoms with van der Waals surface area (Å²) in [5, 5.41) is 3.47. The van der Waals surface area contributed by atoms with Gasteiger partial charge in [-0.2, -0.15) is 0 Å². The topological polar surface area (TPSA) is 33.1 Å². The lowest BCUT2D eigenvalue weighted by atomic mass is 10.1. The average Bonchev–Trinajstić information content (AvgIpc) is 2.95. The van der Waals surface area contributed by atoms with E-state index in [0.29, 0.717) is 6.04 Å². The smallest absolute Gasteiger partial charge is 0.127 e. The fourth-order valence-corrected chi connectivity index (χ4v) is 2.81. The van der Waals surface area contributed by atoms with Crippen molar-refractivity contribution in [1.82, 2.24) is 19.8 Å². The summed E-state index contributed by atoms with van der Waals surface area (Å²) in [5.41, 5.74) is 1.25. The zero-order chi connectivity index (χ0) is 14.5. The van der Waals surface area contributed by atoms with Crippen LogP contribution < -0.4 is 5.32 Å². The van der Waals surface area contributed by atoms with E-state index in [9.17, 15) is 0 Å². The Morgan fingerprint density at radius 2 is 2.14 bits per heavy atom. The molecule has 1 aliphatic heterocycles. The molecule has 1 aromatic carbocycles. The number of imidazole rings is 1. The van der Waals surface area contributed by atoms with Crippen molar-refractivity contribution in [2.24, 2.45) is 7.05 Å². The number of hydrogen-bond donors (Lipinski definition) is 1. The Labute approximate surface area is 138 Å². The van der Waals surface area contributed by atoms with E-state index in [1.165, 1.54) is 5.56 Å². The summed E-state index contributed by atoms with van der Waals surface area (Å²) in [6.07, 6.45) is 8.33. The molecule has 118 valence electrons. The average molecular weight is 319 g/mol. The molecule has 0 bridgehead atoms. The van der Waals surface area contributed by atoms with Crippen LogP contribution >= 0.6 is 12.4 Å². The van der Waals surface area contributed by atoms with Gasteiger partial charge in [-0.15, -0.1) is 12.4 Å². The molecule has 0 saturated carbocycles. The van der Waals surface area contributed by atoms with Crippen molar-refractivity contribution in [3.63, 3.8) is 0 Å². The van der Waals surface area contributed by atoms with Crippen LogP contribution in [-0.2, 0) is 7.05 Å². The van der Waals surface area contributed by atoms with Crippen LogP contribution in [0.5, 0.6) is 0 Å². The molecule has 0 radical (unpaired) electrons. The van der Waals surface area contributed by atoms with Gasteiger partial charge in [-0.1, -0.05) is 42.5 Å². The van der Waals surface area contributed by atoms with Crippen LogP contribution in [-0.4, -0.2) is 40.6 Å². The van der Waals surface area contributed by atoms with E-state index >= 15 is 0 Å². The highest BCUT2D eigenvalue weighted by Gasteiger charge is 2.25. The van der Waals surface area contributed by atoms with Gasteiger partial charge in [0, 0.05) is 45.6 Å². The van der Waals surface area contributed by atoms with Gasteiger partial charge in [0.05, 0.1) is 6.04 Å². The second-order valence-electron chi connectivity index (χ2n) is 5.42. The highest BCUT2D eigenvalue weighted by atomic mass is 35.5. The zero-order valence-electron chi connectivity index (χ0n) is 12.9. The van der Waals surface area contributed by atoms with Crippen LogP contribution in [0.3, 0.4) is 0 Å². The van der Waals surface area contributed by atoms with E-state index in [1.54, 1.807) is 0 Å². The predicted octanol–water partition coefficient (Wildman–Crippen LogP) is 2.50. The minimum absolute atomic E-state index is 0. The molecule has 1 aliphatic rings. The van der Waals surface area contributed by atoms with E-state index in [0.717, 1.165) is 32.0 Å². The Morgan fingerprint density at radius 3 is 2.86 bits per heavy atom. The Morgan fingerprint density at radius 1 is 1.32 bits per heavy atom. The normalized spacial score (nSPS) is 19.2. The molecule has 3 rings (SSSR count). The summed E-state index contributed by atoms with van der Waals surface area (Å²) in [6, 6.07) is 10.8. The first-order valence-corrected chi connectivity index (χ1v) is 7.48. The van der Waals surface area contributed by atoms with Crippen molar-refractivity contribution in [2.75, 3.05) is 26.2 Å². The Kier molecular flexibility index (Phi) is 6.19. The molecule has 2 aromatic rings. The van der Waals surface area contributed by atoms with Crippen molar-refractivity contribution in [1.29, 1.82) is 0 Å². The first kappa shape index (κ1) is 16.7. The van der Waals surface area contributed by atoms with Crippen LogP contribution in [0.1, 0.15) is 17.4 Å². The fraction of sp³-hybridized carbons (Fsp3) is 0.353. The summed E-state index contributed by atoms with van der Waals surface area (Å²) in [6.45, 7) is 4.01.